The molecule has 0 atom stereocenters. The van der Waals surface area contributed by atoms with Gasteiger partial charge in [-0.2, -0.15) is 8.42 Å². The summed E-state index contributed by atoms with van der Waals surface area (Å²) in [5.74, 6) is 0. The van der Waals surface area contributed by atoms with Crippen molar-refractivity contribution in [3.05, 3.63) is 41.7 Å². The third kappa shape index (κ3) is 3.78. The third-order valence-corrected chi connectivity index (χ3v) is 2.94. The normalized spacial score (nSPS) is 11.4. The van der Waals surface area contributed by atoms with E-state index >= 15 is 0 Å². The molecule has 3 aromatic rings. The summed E-state index contributed by atoms with van der Waals surface area (Å²) in [4.78, 5) is 7.85. The predicted octanol–water partition coefficient (Wildman–Crippen LogP) is 1.99. The standard InChI is InChI=1S/C13H13N3.CH4O3S/c1-8-13-11(6-9(7-14)15-8)10-4-2-3-5-12(10)16-13;1-5(2,3)4/h2-6,16H,7,14H2,1H3;1H3,(H,2,3,4). The van der Waals surface area contributed by atoms with E-state index in [0.717, 1.165) is 22.4 Å². The lowest BCUT2D eigenvalue weighted by Crippen LogP contribution is -2.00. The number of H-pyrrole nitrogens is 1. The lowest BCUT2D eigenvalue weighted by Gasteiger charge is -2.00. The maximum absolute atomic E-state index is 9.19. The molecule has 21 heavy (non-hydrogen) atoms. The number of pyridine rings is 1. The summed E-state index contributed by atoms with van der Waals surface area (Å²) < 4.78 is 25.9. The van der Waals surface area contributed by atoms with Gasteiger partial charge in [-0.25, -0.2) is 0 Å². The molecule has 0 aliphatic carbocycles. The highest BCUT2D eigenvalue weighted by molar-refractivity contribution is 7.85. The molecule has 3 rings (SSSR count). The maximum Gasteiger partial charge on any atom is 0.261 e. The molecule has 1 aromatic carbocycles. The second-order valence-electron chi connectivity index (χ2n) is 4.73. The summed E-state index contributed by atoms with van der Waals surface area (Å²) in [7, 11) is -3.67. The highest BCUT2D eigenvalue weighted by Gasteiger charge is 2.07. The second-order valence-corrected chi connectivity index (χ2v) is 6.20. The van der Waals surface area contributed by atoms with Gasteiger partial charge in [0.2, 0.25) is 0 Å². The number of hydrogen-bond donors (Lipinski definition) is 3. The minimum absolute atomic E-state index is 0.482. The van der Waals surface area contributed by atoms with Crippen LogP contribution in [0.15, 0.2) is 30.3 Å². The molecule has 0 aliphatic heterocycles. The number of fused-ring (bicyclic) bond motifs is 3. The minimum Gasteiger partial charge on any atom is -0.353 e. The van der Waals surface area contributed by atoms with Gasteiger partial charge in [-0.3, -0.25) is 9.54 Å². The van der Waals surface area contributed by atoms with Crippen LogP contribution < -0.4 is 5.73 Å². The van der Waals surface area contributed by atoms with Crippen molar-refractivity contribution in [3.63, 3.8) is 0 Å². The van der Waals surface area contributed by atoms with Crippen LogP contribution in [0.5, 0.6) is 0 Å². The molecule has 112 valence electrons. The van der Waals surface area contributed by atoms with Gasteiger partial charge in [0, 0.05) is 22.8 Å². The Bertz CT molecular complexity index is 877. The van der Waals surface area contributed by atoms with E-state index in [4.69, 9.17) is 10.3 Å². The number of para-hydroxylation sites is 1. The fourth-order valence-electron chi connectivity index (χ4n) is 2.17. The molecule has 7 heteroatoms. The second kappa shape index (κ2) is 5.80. The zero-order chi connectivity index (χ0) is 15.6. The maximum atomic E-state index is 9.19. The first-order valence-corrected chi connectivity index (χ1v) is 8.14. The van der Waals surface area contributed by atoms with Crippen LogP contribution in [0.2, 0.25) is 0 Å². The number of aromatic amines is 1. The van der Waals surface area contributed by atoms with Crippen LogP contribution in [0, 0.1) is 6.92 Å². The van der Waals surface area contributed by atoms with Crippen molar-refractivity contribution in [2.24, 2.45) is 5.73 Å². The van der Waals surface area contributed by atoms with Crippen LogP contribution in [-0.4, -0.2) is 29.2 Å². The first-order chi connectivity index (χ1) is 9.79. The first-order valence-electron chi connectivity index (χ1n) is 6.29. The largest absolute Gasteiger partial charge is 0.353 e. The fourth-order valence-corrected chi connectivity index (χ4v) is 2.17. The Morgan fingerprint density at radius 2 is 1.90 bits per heavy atom. The van der Waals surface area contributed by atoms with Crippen LogP contribution in [0.3, 0.4) is 0 Å². The summed E-state index contributed by atoms with van der Waals surface area (Å²) in [5.41, 5.74) is 9.86. The molecular formula is C14H17N3O3S. The number of nitrogens with one attached hydrogen (secondary N) is 1. The van der Waals surface area contributed by atoms with Crippen molar-refractivity contribution in [2.75, 3.05) is 6.26 Å². The predicted molar refractivity (Wildman–Crippen MR) is 83.7 cm³/mol. The van der Waals surface area contributed by atoms with Crippen LogP contribution in [0.25, 0.3) is 21.8 Å². The third-order valence-electron chi connectivity index (χ3n) is 2.94. The smallest absolute Gasteiger partial charge is 0.261 e. The molecule has 0 saturated heterocycles. The number of benzene rings is 1. The Labute approximate surface area is 122 Å². The average Bonchev–Trinajstić information content (AvgIpc) is 2.76. The summed E-state index contributed by atoms with van der Waals surface area (Å²) in [5, 5.41) is 2.45. The van der Waals surface area contributed by atoms with E-state index in [-0.39, 0.29) is 0 Å². The van der Waals surface area contributed by atoms with Crippen molar-refractivity contribution in [1.29, 1.82) is 0 Å². The van der Waals surface area contributed by atoms with E-state index in [0.29, 0.717) is 12.8 Å². The summed E-state index contributed by atoms with van der Waals surface area (Å²) in [6.45, 7) is 2.49. The Hall–Kier alpha value is -1.96. The van der Waals surface area contributed by atoms with Crippen LogP contribution >= 0.6 is 0 Å². The SMILES string of the molecule is CS(=O)(=O)O.Cc1nc(CN)cc2c1[nH]c1ccccc12. The number of aromatic nitrogens is 2. The van der Waals surface area contributed by atoms with Gasteiger partial charge in [-0.15, -0.1) is 0 Å². The fraction of sp³-hybridized carbons (Fsp3) is 0.214. The molecule has 6 nitrogen and oxygen atoms in total. The van der Waals surface area contributed by atoms with Gasteiger partial charge in [0.25, 0.3) is 10.1 Å². The zero-order valence-corrected chi connectivity index (χ0v) is 12.6. The van der Waals surface area contributed by atoms with E-state index in [9.17, 15) is 8.42 Å². The van der Waals surface area contributed by atoms with Gasteiger partial charge in [0.05, 0.1) is 23.2 Å². The Morgan fingerprint density at radius 1 is 1.29 bits per heavy atom. The molecule has 0 spiro atoms. The summed E-state index contributed by atoms with van der Waals surface area (Å²) in [6.07, 6.45) is 0.715. The Morgan fingerprint density at radius 3 is 2.52 bits per heavy atom. The molecule has 2 aromatic heterocycles. The van der Waals surface area contributed by atoms with Gasteiger partial charge in [0.1, 0.15) is 0 Å². The van der Waals surface area contributed by atoms with Gasteiger partial charge in [0.15, 0.2) is 0 Å². The molecular weight excluding hydrogens is 290 g/mol. The highest BCUT2D eigenvalue weighted by Crippen LogP contribution is 2.26. The Kier molecular flexibility index (Phi) is 4.26. The summed E-state index contributed by atoms with van der Waals surface area (Å²) in [6, 6.07) is 10.4. The van der Waals surface area contributed by atoms with Crippen molar-refractivity contribution in [3.8, 4) is 0 Å². The van der Waals surface area contributed by atoms with Crippen LogP contribution in [-0.2, 0) is 16.7 Å². The molecule has 0 amide bonds. The quantitative estimate of drug-likeness (QED) is 0.596. The first kappa shape index (κ1) is 15.4. The zero-order valence-electron chi connectivity index (χ0n) is 11.8. The van der Waals surface area contributed by atoms with E-state index in [2.05, 4.69) is 28.2 Å². The van der Waals surface area contributed by atoms with Crippen molar-refractivity contribution in [1.82, 2.24) is 9.97 Å². The average molecular weight is 307 g/mol. The van der Waals surface area contributed by atoms with Crippen molar-refractivity contribution in [2.45, 2.75) is 13.5 Å². The topological polar surface area (TPSA) is 109 Å². The molecule has 0 aliphatic rings. The van der Waals surface area contributed by atoms with E-state index in [1.807, 2.05) is 19.1 Å². The van der Waals surface area contributed by atoms with Crippen molar-refractivity contribution < 1.29 is 13.0 Å². The van der Waals surface area contributed by atoms with Crippen molar-refractivity contribution >= 4 is 31.9 Å². The van der Waals surface area contributed by atoms with Crippen LogP contribution in [0.4, 0.5) is 0 Å². The molecule has 0 radical (unpaired) electrons. The number of nitrogens with two attached hydrogens (primary N) is 1. The Balaban J connectivity index is 0.000000282. The molecule has 0 unspecified atom stereocenters. The number of hydrogen-bond acceptors (Lipinski definition) is 4. The molecule has 2 heterocycles. The highest BCUT2D eigenvalue weighted by atomic mass is 32.2. The summed E-state index contributed by atoms with van der Waals surface area (Å²) >= 11 is 0. The number of aryl methyl sites for hydroxylation is 1. The molecule has 0 saturated carbocycles. The monoisotopic (exact) mass is 307 g/mol. The minimum atomic E-state index is -3.67. The van der Waals surface area contributed by atoms with E-state index in [1.165, 1.54) is 10.8 Å². The molecule has 4 N–H and O–H groups in total. The molecule has 0 fully saturated rings. The van der Waals surface area contributed by atoms with E-state index in [1.54, 1.807) is 0 Å². The van der Waals surface area contributed by atoms with Crippen LogP contribution in [0.1, 0.15) is 11.4 Å². The molecule has 0 bridgehead atoms. The van der Waals surface area contributed by atoms with Gasteiger partial charge >= 0.3 is 0 Å². The van der Waals surface area contributed by atoms with Gasteiger partial charge < -0.3 is 10.7 Å². The number of rotatable bonds is 1. The lowest BCUT2D eigenvalue weighted by molar-refractivity contribution is 0.490. The number of nitrogens with zero attached hydrogens (tertiary/aromatic N) is 1. The van der Waals surface area contributed by atoms with Gasteiger partial charge in [-0.05, 0) is 19.1 Å². The lowest BCUT2D eigenvalue weighted by atomic mass is 10.1. The van der Waals surface area contributed by atoms with E-state index < -0.39 is 10.1 Å². The van der Waals surface area contributed by atoms with Gasteiger partial charge in [-0.1, -0.05) is 18.2 Å².